The van der Waals surface area contributed by atoms with E-state index in [2.05, 4.69) is 16.9 Å². The van der Waals surface area contributed by atoms with Crippen molar-refractivity contribution >= 4 is 5.97 Å². The largest absolute Gasteiger partial charge is 0.494 e. The van der Waals surface area contributed by atoms with Gasteiger partial charge >= 0.3 is 12.1 Å². The maximum atomic E-state index is 13.2. The summed E-state index contributed by atoms with van der Waals surface area (Å²) in [5, 5.41) is 0. The number of rotatable bonds is 16. The minimum absolute atomic E-state index is 0.0848. The molecular weight excluding hydrogens is 517 g/mol. The summed E-state index contributed by atoms with van der Waals surface area (Å²) in [4.78, 5) is 21.0. The van der Waals surface area contributed by atoms with Gasteiger partial charge in [-0.15, -0.1) is 0 Å². The third kappa shape index (κ3) is 10.3. The van der Waals surface area contributed by atoms with E-state index in [9.17, 15) is 18.0 Å². The molecule has 0 bridgehead atoms. The first kappa shape index (κ1) is 31.1. The van der Waals surface area contributed by atoms with Crippen LogP contribution in [-0.4, -0.2) is 28.7 Å². The van der Waals surface area contributed by atoms with Crippen LogP contribution in [0.15, 0.2) is 60.9 Å². The van der Waals surface area contributed by atoms with Gasteiger partial charge in [0.25, 0.3) is 0 Å². The molecule has 0 saturated heterocycles. The molecule has 0 saturated carbocycles. The van der Waals surface area contributed by atoms with Gasteiger partial charge in [-0.1, -0.05) is 70.9 Å². The number of carbonyl (C=O) groups is 1. The average molecular weight is 557 g/mol. The van der Waals surface area contributed by atoms with E-state index in [1.54, 1.807) is 24.5 Å². The molecule has 0 aliphatic carbocycles. The Morgan fingerprint density at radius 1 is 0.750 bits per heavy atom. The number of aromatic nitrogens is 2. The van der Waals surface area contributed by atoms with E-state index in [1.807, 2.05) is 31.2 Å². The highest BCUT2D eigenvalue weighted by molar-refractivity contribution is 5.73. The van der Waals surface area contributed by atoms with E-state index in [-0.39, 0.29) is 12.2 Å². The Hall–Kier alpha value is -3.42. The van der Waals surface area contributed by atoms with Crippen LogP contribution >= 0.6 is 0 Å². The summed E-state index contributed by atoms with van der Waals surface area (Å²) in [5.41, 5.74) is 2.52. The lowest BCUT2D eigenvalue weighted by Crippen LogP contribution is -2.27. The van der Waals surface area contributed by atoms with Gasteiger partial charge in [0.15, 0.2) is 5.82 Å². The second-order valence-electron chi connectivity index (χ2n) is 10.0. The standard InChI is InChI=1S/C32H39F3N2O3/c1-3-5-7-8-9-10-20-39-28-16-12-24(13-17-28)26-22-36-31(37-23-26)25-14-18-29(19-15-25)40-30(38)21-27(11-6-4-2)32(33,34)35/h12-19,22-23,27H,3-11,20-21H2,1-2H3. The highest BCUT2D eigenvalue weighted by Crippen LogP contribution is 2.33. The van der Waals surface area contributed by atoms with Crippen LogP contribution < -0.4 is 9.47 Å². The van der Waals surface area contributed by atoms with E-state index in [4.69, 9.17) is 9.47 Å². The van der Waals surface area contributed by atoms with Crippen molar-refractivity contribution in [3.05, 3.63) is 60.9 Å². The minimum atomic E-state index is -4.43. The second kappa shape index (κ2) is 16.0. The van der Waals surface area contributed by atoms with Crippen LogP contribution in [0.2, 0.25) is 0 Å². The molecule has 1 unspecified atom stereocenters. The molecule has 8 heteroatoms. The zero-order valence-corrected chi connectivity index (χ0v) is 23.4. The van der Waals surface area contributed by atoms with Crippen LogP contribution in [-0.2, 0) is 4.79 Å². The van der Waals surface area contributed by atoms with E-state index in [0.29, 0.717) is 30.8 Å². The number of benzene rings is 2. The minimum Gasteiger partial charge on any atom is -0.494 e. The predicted octanol–water partition coefficient (Wildman–Crippen LogP) is 9.21. The molecule has 0 spiro atoms. The smallest absolute Gasteiger partial charge is 0.392 e. The van der Waals surface area contributed by atoms with Gasteiger partial charge in [0.1, 0.15) is 11.5 Å². The fourth-order valence-corrected chi connectivity index (χ4v) is 4.32. The van der Waals surface area contributed by atoms with Crippen LogP contribution in [0.5, 0.6) is 11.5 Å². The number of halogens is 3. The van der Waals surface area contributed by atoms with Crippen molar-refractivity contribution < 1.29 is 27.4 Å². The molecule has 0 aliphatic rings. The Labute approximate surface area is 235 Å². The maximum absolute atomic E-state index is 13.2. The Morgan fingerprint density at radius 3 is 1.95 bits per heavy atom. The van der Waals surface area contributed by atoms with Crippen LogP contribution in [0.1, 0.15) is 78.1 Å². The maximum Gasteiger partial charge on any atom is 0.392 e. The SMILES string of the molecule is CCCCCCCCOc1ccc(-c2cnc(-c3ccc(OC(=O)CC(CCCC)C(F)(F)F)cc3)nc2)cc1. The van der Waals surface area contributed by atoms with Crippen molar-refractivity contribution in [2.75, 3.05) is 6.61 Å². The number of unbranched alkanes of at least 4 members (excludes halogenated alkanes) is 6. The van der Waals surface area contributed by atoms with Crippen LogP contribution in [0.4, 0.5) is 13.2 Å². The van der Waals surface area contributed by atoms with Gasteiger partial charge in [-0.2, -0.15) is 13.2 Å². The quantitative estimate of drug-likeness (QED) is 0.1000. The van der Waals surface area contributed by atoms with E-state index >= 15 is 0 Å². The molecule has 1 atom stereocenters. The fraction of sp³-hybridized carbons (Fsp3) is 0.469. The lowest BCUT2D eigenvalue weighted by molar-refractivity contribution is -0.183. The summed E-state index contributed by atoms with van der Waals surface area (Å²) < 4.78 is 50.6. The Balaban J connectivity index is 1.50. The van der Waals surface area contributed by atoms with Gasteiger partial charge < -0.3 is 9.47 Å². The normalized spacial score (nSPS) is 12.2. The number of alkyl halides is 3. The third-order valence-corrected chi connectivity index (χ3v) is 6.73. The van der Waals surface area contributed by atoms with Gasteiger partial charge in [0.05, 0.1) is 18.9 Å². The number of hydrogen-bond acceptors (Lipinski definition) is 5. The predicted molar refractivity (Wildman–Crippen MR) is 151 cm³/mol. The summed E-state index contributed by atoms with van der Waals surface area (Å²) in [6, 6.07) is 14.2. The zero-order chi connectivity index (χ0) is 28.8. The summed E-state index contributed by atoms with van der Waals surface area (Å²) in [6.45, 7) is 4.75. The first-order chi connectivity index (χ1) is 19.3. The number of esters is 1. The molecule has 3 rings (SSSR count). The van der Waals surface area contributed by atoms with Gasteiger partial charge in [0.2, 0.25) is 0 Å². The summed E-state index contributed by atoms with van der Waals surface area (Å²) in [5.74, 6) is -1.09. The van der Waals surface area contributed by atoms with Crippen molar-refractivity contribution in [1.29, 1.82) is 0 Å². The van der Waals surface area contributed by atoms with Gasteiger partial charge in [0, 0.05) is 23.5 Å². The molecule has 0 aliphatic heterocycles. The van der Waals surface area contributed by atoms with Crippen molar-refractivity contribution in [1.82, 2.24) is 9.97 Å². The van der Waals surface area contributed by atoms with Crippen LogP contribution in [0.25, 0.3) is 22.5 Å². The zero-order valence-electron chi connectivity index (χ0n) is 23.4. The molecular formula is C32H39F3N2O3. The van der Waals surface area contributed by atoms with E-state index < -0.39 is 24.5 Å². The number of hydrogen-bond donors (Lipinski definition) is 0. The Morgan fingerprint density at radius 2 is 1.32 bits per heavy atom. The number of carbonyl (C=O) groups excluding carboxylic acids is 1. The molecule has 1 aromatic heterocycles. The molecule has 40 heavy (non-hydrogen) atoms. The van der Waals surface area contributed by atoms with Crippen LogP contribution in [0.3, 0.4) is 0 Å². The topological polar surface area (TPSA) is 61.3 Å². The summed E-state index contributed by atoms with van der Waals surface area (Å²) in [6.07, 6.45) is 6.65. The van der Waals surface area contributed by atoms with E-state index in [1.165, 1.54) is 44.2 Å². The highest BCUT2D eigenvalue weighted by atomic mass is 19.4. The van der Waals surface area contributed by atoms with Crippen molar-refractivity contribution in [3.8, 4) is 34.0 Å². The average Bonchev–Trinajstić information content (AvgIpc) is 2.95. The van der Waals surface area contributed by atoms with Crippen molar-refractivity contribution in [3.63, 3.8) is 0 Å². The summed E-state index contributed by atoms with van der Waals surface area (Å²) >= 11 is 0. The number of nitrogens with zero attached hydrogens (tertiary/aromatic N) is 2. The monoisotopic (exact) mass is 556 g/mol. The second-order valence-corrected chi connectivity index (χ2v) is 10.0. The molecule has 3 aromatic rings. The van der Waals surface area contributed by atoms with Crippen molar-refractivity contribution in [2.45, 2.75) is 84.2 Å². The summed E-state index contributed by atoms with van der Waals surface area (Å²) in [7, 11) is 0. The molecule has 5 nitrogen and oxygen atoms in total. The lowest BCUT2D eigenvalue weighted by atomic mass is 9.98. The first-order valence-corrected chi connectivity index (χ1v) is 14.2. The lowest BCUT2D eigenvalue weighted by Gasteiger charge is -2.19. The molecule has 216 valence electrons. The van der Waals surface area contributed by atoms with E-state index in [0.717, 1.165) is 23.3 Å². The molecule has 0 N–H and O–H groups in total. The molecule has 1 heterocycles. The molecule has 0 amide bonds. The number of ether oxygens (including phenoxy) is 2. The third-order valence-electron chi connectivity index (χ3n) is 6.73. The van der Waals surface area contributed by atoms with Gasteiger partial charge in [-0.05, 0) is 54.8 Å². The van der Waals surface area contributed by atoms with Gasteiger partial charge in [-0.3, -0.25) is 4.79 Å². The highest BCUT2D eigenvalue weighted by Gasteiger charge is 2.40. The van der Waals surface area contributed by atoms with Gasteiger partial charge in [-0.25, -0.2) is 9.97 Å². The molecule has 2 aromatic carbocycles. The van der Waals surface area contributed by atoms with Crippen LogP contribution in [0, 0.1) is 5.92 Å². The Kier molecular flexibility index (Phi) is 12.4. The van der Waals surface area contributed by atoms with Crippen molar-refractivity contribution in [2.24, 2.45) is 5.92 Å². The first-order valence-electron chi connectivity index (χ1n) is 14.2. The Bertz CT molecular complexity index is 1150. The molecule has 0 fully saturated rings. The fourth-order valence-electron chi connectivity index (χ4n) is 4.32. The molecule has 0 radical (unpaired) electrons.